The summed E-state index contributed by atoms with van der Waals surface area (Å²) in [6, 6.07) is 13.2. The summed E-state index contributed by atoms with van der Waals surface area (Å²) in [6.45, 7) is 6.99. The SMILES string of the molecule is COc1cc(/C=C2\SC(=O)N(Cc3ccccc3C)C2=O)ccc1OCC(C)C. The van der Waals surface area contributed by atoms with E-state index in [1.807, 2.05) is 49.4 Å². The first-order chi connectivity index (χ1) is 13.9. The maximum Gasteiger partial charge on any atom is 0.293 e. The van der Waals surface area contributed by atoms with Crippen molar-refractivity contribution in [1.82, 2.24) is 4.90 Å². The zero-order chi connectivity index (χ0) is 21.0. The maximum absolute atomic E-state index is 12.8. The average Bonchev–Trinajstić information content (AvgIpc) is 2.95. The van der Waals surface area contributed by atoms with Crippen LogP contribution >= 0.6 is 11.8 Å². The number of methoxy groups -OCH3 is 1. The Bertz CT molecular complexity index is 952. The lowest BCUT2D eigenvalue weighted by Crippen LogP contribution is -2.27. The fourth-order valence-electron chi connectivity index (χ4n) is 2.90. The van der Waals surface area contributed by atoms with E-state index in [-0.39, 0.29) is 17.7 Å². The standard InChI is InChI=1S/C23H25NO4S/c1-15(2)14-28-19-10-9-17(11-20(19)27-4)12-21-22(25)24(23(26)29-21)13-18-8-6-5-7-16(18)3/h5-12,15H,13-14H2,1-4H3/b21-12-. The molecule has 1 heterocycles. The first-order valence-corrected chi connectivity index (χ1v) is 10.3. The van der Waals surface area contributed by atoms with Crippen LogP contribution in [0.2, 0.25) is 0 Å². The van der Waals surface area contributed by atoms with E-state index in [0.717, 1.165) is 28.5 Å². The third kappa shape index (κ3) is 5.01. The largest absolute Gasteiger partial charge is 0.493 e. The Morgan fingerprint density at radius 3 is 2.55 bits per heavy atom. The minimum absolute atomic E-state index is 0.256. The highest BCUT2D eigenvalue weighted by atomic mass is 32.2. The number of thioether (sulfide) groups is 1. The van der Waals surface area contributed by atoms with Crippen molar-refractivity contribution >= 4 is 29.0 Å². The van der Waals surface area contributed by atoms with Gasteiger partial charge in [-0.1, -0.05) is 44.2 Å². The van der Waals surface area contributed by atoms with E-state index in [1.165, 1.54) is 4.90 Å². The average molecular weight is 412 g/mol. The third-order valence-corrected chi connectivity index (χ3v) is 5.43. The van der Waals surface area contributed by atoms with Gasteiger partial charge in [0.25, 0.3) is 11.1 Å². The van der Waals surface area contributed by atoms with E-state index >= 15 is 0 Å². The molecule has 2 aromatic carbocycles. The lowest BCUT2D eigenvalue weighted by molar-refractivity contribution is -0.123. The minimum Gasteiger partial charge on any atom is -0.493 e. The Balaban J connectivity index is 1.79. The summed E-state index contributed by atoms with van der Waals surface area (Å²) in [7, 11) is 1.58. The van der Waals surface area contributed by atoms with Crippen molar-refractivity contribution in [3.05, 3.63) is 64.1 Å². The van der Waals surface area contributed by atoms with E-state index in [0.29, 0.717) is 28.9 Å². The van der Waals surface area contributed by atoms with Crippen molar-refractivity contribution < 1.29 is 19.1 Å². The number of nitrogens with zero attached hydrogens (tertiary/aromatic N) is 1. The number of aryl methyl sites for hydroxylation is 1. The van der Waals surface area contributed by atoms with E-state index in [4.69, 9.17) is 9.47 Å². The molecule has 0 bridgehead atoms. The first-order valence-electron chi connectivity index (χ1n) is 9.49. The van der Waals surface area contributed by atoms with Crippen molar-refractivity contribution in [2.75, 3.05) is 13.7 Å². The summed E-state index contributed by atoms with van der Waals surface area (Å²) in [5, 5.41) is -0.256. The fourth-order valence-corrected chi connectivity index (χ4v) is 3.73. The second-order valence-electron chi connectivity index (χ2n) is 7.31. The smallest absolute Gasteiger partial charge is 0.293 e. The zero-order valence-corrected chi connectivity index (χ0v) is 17.9. The summed E-state index contributed by atoms with van der Waals surface area (Å²) in [6.07, 6.45) is 1.72. The van der Waals surface area contributed by atoms with Gasteiger partial charge in [0.05, 0.1) is 25.2 Å². The number of amides is 2. The van der Waals surface area contributed by atoms with E-state index < -0.39 is 0 Å². The van der Waals surface area contributed by atoms with E-state index in [9.17, 15) is 9.59 Å². The Morgan fingerprint density at radius 2 is 1.86 bits per heavy atom. The molecule has 152 valence electrons. The van der Waals surface area contributed by atoms with Gasteiger partial charge in [-0.15, -0.1) is 0 Å². The molecule has 29 heavy (non-hydrogen) atoms. The molecular weight excluding hydrogens is 386 g/mol. The van der Waals surface area contributed by atoms with Crippen molar-refractivity contribution in [1.29, 1.82) is 0 Å². The quantitative estimate of drug-likeness (QED) is 0.581. The monoisotopic (exact) mass is 411 g/mol. The van der Waals surface area contributed by atoms with Crippen molar-refractivity contribution in [3.63, 3.8) is 0 Å². The second kappa shape index (κ2) is 9.18. The first kappa shape index (κ1) is 21.0. The number of hydrogen-bond acceptors (Lipinski definition) is 5. The van der Waals surface area contributed by atoms with Gasteiger partial charge < -0.3 is 9.47 Å². The van der Waals surface area contributed by atoms with E-state index in [2.05, 4.69) is 13.8 Å². The number of imide groups is 1. The molecule has 0 unspecified atom stereocenters. The van der Waals surface area contributed by atoms with Crippen molar-refractivity contribution in [2.45, 2.75) is 27.3 Å². The molecule has 0 N–H and O–H groups in total. The number of benzene rings is 2. The minimum atomic E-state index is -0.276. The third-order valence-electron chi connectivity index (χ3n) is 4.52. The number of carbonyl (C=O) groups is 2. The van der Waals surface area contributed by atoms with Crippen LogP contribution in [0.4, 0.5) is 4.79 Å². The highest BCUT2D eigenvalue weighted by Crippen LogP contribution is 2.35. The normalized spacial score (nSPS) is 15.5. The highest BCUT2D eigenvalue weighted by Gasteiger charge is 2.35. The van der Waals surface area contributed by atoms with Gasteiger partial charge in [0.2, 0.25) is 0 Å². The van der Waals surface area contributed by atoms with Gasteiger partial charge in [0.15, 0.2) is 11.5 Å². The van der Waals surface area contributed by atoms with Crippen LogP contribution in [0.15, 0.2) is 47.4 Å². The van der Waals surface area contributed by atoms with Gasteiger partial charge >= 0.3 is 0 Å². The van der Waals surface area contributed by atoms with Gasteiger partial charge in [-0.3, -0.25) is 14.5 Å². The molecule has 6 heteroatoms. The number of carbonyl (C=O) groups excluding carboxylic acids is 2. The summed E-state index contributed by atoms with van der Waals surface area (Å²) in [5.41, 5.74) is 2.79. The molecule has 0 atom stereocenters. The molecule has 0 aliphatic carbocycles. The van der Waals surface area contributed by atoms with Crippen LogP contribution in [0, 0.1) is 12.8 Å². The Hall–Kier alpha value is -2.73. The van der Waals surface area contributed by atoms with Gasteiger partial charge in [0, 0.05) is 0 Å². The molecule has 0 spiro atoms. The molecule has 1 aliphatic heterocycles. The van der Waals surface area contributed by atoms with Gasteiger partial charge in [-0.05, 0) is 59.5 Å². The number of ether oxygens (including phenoxy) is 2. The predicted octanol–water partition coefficient (Wildman–Crippen LogP) is 5.27. The molecule has 5 nitrogen and oxygen atoms in total. The lowest BCUT2D eigenvalue weighted by Gasteiger charge is -2.14. The predicted molar refractivity (Wildman–Crippen MR) is 116 cm³/mol. The van der Waals surface area contributed by atoms with Crippen LogP contribution in [-0.2, 0) is 11.3 Å². The molecule has 0 saturated carbocycles. The van der Waals surface area contributed by atoms with Crippen LogP contribution < -0.4 is 9.47 Å². The molecular formula is C23H25NO4S. The van der Waals surface area contributed by atoms with Crippen LogP contribution in [0.1, 0.15) is 30.5 Å². The summed E-state index contributed by atoms with van der Waals surface area (Å²) < 4.78 is 11.2. The highest BCUT2D eigenvalue weighted by molar-refractivity contribution is 8.18. The van der Waals surface area contributed by atoms with Crippen LogP contribution in [0.25, 0.3) is 6.08 Å². The Labute approximate surface area is 175 Å². The van der Waals surface area contributed by atoms with Gasteiger partial charge in [-0.2, -0.15) is 0 Å². The Morgan fingerprint density at radius 1 is 1.10 bits per heavy atom. The van der Waals surface area contributed by atoms with Crippen molar-refractivity contribution in [3.8, 4) is 11.5 Å². The van der Waals surface area contributed by atoms with Gasteiger partial charge in [0.1, 0.15) is 0 Å². The van der Waals surface area contributed by atoms with Crippen LogP contribution in [-0.4, -0.2) is 29.8 Å². The maximum atomic E-state index is 12.8. The topological polar surface area (TPSA) is 55.8 Å². The number of hydrogen-bond donors (Lipinski definition) is 0. The molecule has 2 aromatic rings. The molecule has 2 amide bonds. The molecule has 3 rings (SSSR count). The number of rotatable bonds is 7. The Kier molecular flexibility index (Phi) is 6.64. The molecule has 0 radical (unpaired) electrons. The molecule has 0 aromatic heterocycles. The summed E-state index contributed by atoms with van der Waals surface area (Å²) in [5.74, 6) is 1.38. The second-order valence-corrected chi connectivity index (χ2v) is 8.30. The van der Waals surface area contributed by atoms with Crippen molar-refractivity contribution in [2.24, 2.45) is 5.92 Å². The van der Waals surface area contributed by atoms with Gasteiger partial charge in [-0.25, -0.2) is 0 Å². The zero-order valence-electron chi connectivity index (χ0n) is 17.1. The molecule has 1 saturated heterocycles. The summed E-state index contributed by atoms with van der Waals surface area (Å²) >= 11 is 0.960. The molecule has 1 fully saturated rings. The van der Waals surface area contributed by atoms with Crippen LogP contribution in [0.5, 0.6) is 11.5 Å². The molecule has 1 aliphatic rings. The fraction of sp³-hybridized carbons (Fsp3) is 0.304. The summed E-state index contributed by atoms with van der Waals surface area (Å²) in [4.78, 5) is 26.9. The van der Waals surface area contributed by atoms with Crippen LogP contribution in [0.3, 0.4) is 0 Å². The van der Waals surface area contributed by atoms with E-state index in [1.54, 1.807) is 13.2 Å². The lowest BCUT2D eigenvalue weighted by atomic mass is 10.1.